The van der Waals surface area contributed by atoms with Gasteiger partial charge in [-0.1, -0.05) is 176 Å². The van der Waals surface area contributed by atoms with Gasteiger partial charge in [-0.15, -0.1) is 0 Å². The van der Waals surface area contributed by atoms with Crippen molar-refractivity contribution < 1.29 is 8.53 Å². The third-order valence-electron chi connectivity index (χ3n) is 14.0. The first-order valence-corrected chi connectivity index (χ1v) is 24.8. The number of furan rings is 1. The van der Waals surface area contributed by atoms with E-state index in [4.69, 9.17) is 13.5 Å². The molecule has 0 saturated carbocycles. The Morgan fingerprint density at radius 1 is 0.284 bits per heavy atom. The number of hydrogen-bond acceptors (Lipinski definition) is 4. The monoisotopic (exact) mass is 948 g/mol. The summed E-state index contributed by atoms with van der Waals surface area (Å²) in [6.07, 6.45) is 5.12. The van der Waals surface area contributed by atoms with Gasteiger partial charge in [-0.3, -0.25) is 15.0 Å². The minimum atomic E-state index is -2.26. The average Bonchev–Trinajstić information content (AvgIpc) is 3.89. The molecule has 0 aliphatic carbocycles. The predicted octanol–water partition coefficient (Wildman–Crippen LogP) is 18.7. The molecule has 0 unspecified atom stereocenters. The molecule has 4 nitrogen and oxygen atoms in total. The number of para-hydroxylation sites is 1. The minimum absolute atomic E-state index is 0.202. The number of rotatable bonds is 10. The second kappa shape index (κ2) is 19.1. The Morgan fingerprint density at radius 2 is 0.730 bits per heavy atom. The van der Waals surface area contributed by atoms with E-state index in [0.29, 0.717) is 5.69 Å². The summed E-state index contributed by atoms with van der Waals surface area (Å²) in [7, 11) is 0. The molecule has 0 N–H and O–H groups in total. The van der Waals surface area contributed by atoms with Crippen LogP contribution in [0.2, 0.25) is 0 Å². The molecule has 4 aromatic heterocycles. The second-order valence-corrected chi connectivity index (χ2v) is 18.5. The standard InChI is InChI=1S/C70H47N3O/c1-46-24-36-68(73-45-46)52-33-35-62(64(44-52)51-34-37-70-65(43-51)63-20-8-9-23-69(63)74-70)61-19-7-6-18-60(61)55-41-53(58-16-4-2-14-56(58)47-25-29-49(30-26-47)66-21-10-12-38-71-66)40-54(42-55)59-17-5-3-15-57(59)48-27-31-50(32-28-48)67-22-11-13-39-72-67/h2-45H,1H3/i1D3. The fraction of sp³-hybridized carbons (Fsp3) is 0.0143. The number of benzene rings is 9. The zero-order valence-electron chi connectivity index (χ0n) is 43.2. The van der Waals surface area contributed by atoms with Crippen LogP contribution in [0.25, 0.3) is 134 Å². The highest BCUT2D eigenvalue weighted by Crippen LogP contribution is 2.45. The number of fused-ring (bicyclic) bond motifs is 3. The lowest BCUT2D eigenvalue weighted by atomic mass is 9.84. The molecule has 0 aliphatic heterocycles. The lowest BCUT2D eigenvalue weighted by Crippen LogP contribution is -1.94. The van der Waals surface area contributed by atoms with Crippen molar-refractivity contribution in [2.45, 2.75) is 6.85 Å². The van der Waals surface area contributed by atoms with E-state index >= 15 is 0 Å². The summed E-state index contributed by atoms with van der Waals surface area (Å²) in [6.45, 7) is -2.26. The third-order valence-corrected chi connectivity index (χ3v) is 14.0. The Balaban J connectivity index is 1.00. The Labute approximate surface area is 434 Å². The molecular weight excluding hydrogens is 899 g/mol. The highest BCUT2D eigenvalue weighted by atomic mass is 16.3. The quantitative estimate of drug-likeness (QED) is 0.137. The summed E-state index contributed by atoms with van der Waals surface area (Å²) in [4.78, 5) is 13.9. The zero-order chi connectivity index (χ0) is 51.9. The summed E-state index contributed by atoms with van der Waals surface area (Å²) in [6, 6.07) is 86.8. The lowest BCUT2D eigenvalue weighted by Gasteiger charge is -2.19. The van der Waals surface area contributed by atoms with Gasteiger partial charge in [0.25, 0.3) is 0 Å². The smallest absolute Gasteiger partial charge is 0.135 e. The van der Waals surface area contributed by atoms with E-state index in [2.05, 4.69) is 192 Å². The van der Waals surface area contributed by atoms with Gasteiger partial charge in [0.1, 0.15) is 11.2 Å². The predicted molar refractivity (Wildman–Crippen MR) is 306 cm³/mol. The molecule has 13 rings (SSSR count). The van der Waals surface area contributed by atoms with Gasteiger partial charge in [0.15, 0.2) is 0 Å². The van der Waals surface area contributed by atoms with Crippen LogP contribution in [0.5, 0.6) is 0 Å². The Kier molecular flexibility index (Phi) is 10.6. The third kappa shape index (κ3) is 8.44. The van der Waals surface area contributed by atoms with E-state index in [1.165, 1.54) is 6.20 Å². The first-order valence-electron chi connectivity index (χ1n) is 26.3. The maximum Gasteiger partial charge on any atom is 0.135 e. The molecule has 9 aromatic carbocycles. The molecule has 0 amide bonds. The van der Waals surface area contributed by atoms with E-state index in [9.17, 15) is 0 Å². The molecule has 4 heterocycles. The highest BCUT2D eigenvalue weighted by Gasteiger charge is 2.20. The van der Waals surface area contributed by atoms with Crippen molar-refractivity contribution in [1.82, 2.24) is 15.0 Å². The van der Waals surface area contributed by atoms with Gasteiger partial charge in [0.05, 0.1) is 17.1 Å². The van der Waals surface area contributed by atoms with Crippen LogP contribution >= 0.6 is 0 Å². The maximum atomic E-state index is 7.99. The van der Waals surface area contributed by atoms with Gasteiger partial charge in [-0.05, 0) is 163 Å². The van der Waals surface area contributed by atoms with Crippen molar-refractivity contribution in [3.8, 4) is 112 Å². The van der Waals surface area contributed by atoms with Crippen molar-refractivity contribution in [3.63, 3.8) is 0 Å². The van der Waals surface area contributed by atoms with Crippen LogP contribution < -0.4 is 0 Å². The van der Waals surface area contributed by atoms with Crippen LogP contribution in [0.1, 0.15) is 9.68 Å². The van der Waals surface area contributed by atoms with Crippen LogP contribution in [0.4, 0.5) is 0 Å². The average molecular weight is 949 g/mol. The van der Waals surface area contributed by atoms with Crippen LogP contribution in [-0.2, 0) is 0 Å². The van der Waals surface area contributed by atoms with Gasteiger partial charge < -0.3 is 4.42 Å². The van der Waals surface area contributed by atoms with Crippen LogP contribution in [-0.4, -0.2) is 15.0 Å². The number of nitrogens with zero attached hydrogens (tertiary/aromatic N) is 3. The van der Waals surface area contributed by atoms with Crippen LogP contribution in [0, 0.1) is 6.85 Å². The number of hydrogen-bond donors (Lipinski definition) is 0. The molecule has 0 atom stereocenters. The molecule has 0 bridgehead atoms. The lowest BCUT2D eigenvalue weighted by molar-refractivity contribution is 0.669. The molecule has 4 heteroatoms. The van der Waals surface area contributed by atoms with Gasteiger partial charge in [-0.2, -0.15) is 0 Å². The Bertz CT molecular complexity index is 4140. The largest absolute Gasteiger partial charge is 0.456 e. The van der Waals surface area contributed by atoms with Crippen LogP contribution in [0.15, 0.2) is 272 Å². The van der Waals surface area contributed by atoms with E-state index in [0.717, 1.165) is 128 Å². The first-order chi connectivity index (χ1) is 37.8. The molecule has 0 spiro atoms. The molecule has 348 valence electrons. The molecule has 0 aliphatic rings. The summed E-state index contributed by atoms with van der Waals surface area (Å²) in [5.74, 6) is 0. The van der Waals surface area contributed by atoms with Gasteiger partial charge in [-0.25, -0.2) is 0 Å². The molecule has 13 aromatic rings. The molecule has 0 radical (unpaired) electrons. The Morgan fingerprint density at radius 3 is 1.27 bits per heavy atom. The van der Waals surface area contributed by atoms with Crippen molar-refractivity contribution in [2.75, 3.05) is 0 Å². The number of aryl methyl sites for hydroxylation is 1. The van der Waals surface area contributed by atoms with Crippen LogP contribution in [0.3, 0.4) is 0 Å². The van der Waals surface area contributed by atoms with Crippen molar-refractivity contribution >= 4 is 21.9 Å². The fourth-order valence-corrected chi connectivity index (χ4v) is 10.4. The summed E-state index contributed by atoms with van der Waals surface area (Å²) < 4.78 is 30.3. The van der Waals surface area contributed by atoms with Crippen molar-refractivity contribution in [1.29, 1.82) is 0 Å². The van der Waals surface area contributed by atoms with Crippen molar-refractivity contribution in [3.05, 3.63) is 273 Å². The van der Waals surface area contributed by atoms with E-state index in [1.54, 1.807) is 12.1 Å². The van der Waals surface area contributed by atoms with E-state index in [1.807, 2.05) is 67.0 Å². The fourth-order valence-electron chi connectivity index (χ4n) is 10.4. The molecular formula is C70H47N3O. The van der Waals surface area contributed by atoms with E-state index < -0.39 is 6.85 Å². The summed E-state index contributed by atoms with van der Waals surface area (Å²) in [5, 5.41) is 2.07. The molecule has 0 fully saturated rings. The first kappa shape index (κ1) is 40.9. The van der Waals surface area contributed by atoms with Gasteiger partial charge >= 0.3 is 0 Å². The normalized spacial score (nSPS) is 12.1. The maximum absolute atomic E-state index is 7.99. The molecule has 74 heavy (non-hydrogen) atoms. The van der Waals surface area contributed by atoms with Crippen molar-refractivity contribution in [2.24, 2.45) is 0 Å². The van der Waals surface area contributed by atoms with Gasteiger partial charge in [0, 0.05) is 50.2 Å². The summed E-state index contributed by atoms with van der Waals surface area (Å²) in [5.41, 5.74) is 22.4. The summed E-state index contributed by atoms with van der Waals surface area (Å²) >= 11 is 0. The highest BCUT2D eigenvalue weighted by molar-refractivity contribution is 6.07. The number of pyridine rings is 3. The minimum Gasteiger partial charge on any atom is -0.456 e. The zero-order valence-corrected chi connectivity index (χ0v) is 40.2. The van der Waals surface area contributed by atoms with Gasteiger partial charge in [0.2, 0.25) is 0 Å². The SMILES string of the molecule is [2H]C([2H])([2H])c1ccc(-c2ccc(-c3ccccc3-c3cc(-c4ccccc4-c4ccc(-c5ccccn5)cc4)cc(-c4ccccc4-c4ccc(-c5ccccn5)cc4)c3)c(-c3ccc4oc5ccccc5c4c3)c2)nc1. The topological polar surface area (TPSA) is 51.8 Å². The van der Waals surface area contributed by atoms with E-state index in [-0.39, 0.29) is 5.56 Å². The second-order valence-electron chi connectivity index (χ2n) is 18.5. The Hall–Kier alpha value is -9.77. The molecule has 0 saturated heterocycles. The number of aromatic nitrogens is 3.